The summed E-state index contributed by atoms with van der Waals surface area (Å²) in [4.78, 5) is 0. The molecule has 0 aliphatic carbocycles. The monoisotopic (exact) mass is 406 g/mol. The summed E-state index contributed by atoms with van der Waals surface area (Å²) in [6.45, 7) is 12.4. The molecule has 0 aromatic heterocycles. The van der Waals surface area contributed by atoms with Crippen molar-refractivity contribution in [2.24, 2.45) is 0 Å². The van der Waals surface area contributed by atoms with E-state index in [0.717, 1.165) is 0 Å². The first kappa shape index (κ1) is 26.9. The summed E-state index contributed by atoms with van der Waals surface area (Å²) < 4.78 is 0. The van der Waals surface area contributed by atoms with Gasteiger partial charge >= 0.3 is 169 Å². The van der Waals surface area contributed by atoms with Crippen LogP contribution in [-0.2, 0) is 0 Å². The molecule has 0 unspecified atom stereocenters. The van der Waals surface area contributed by atoms with E-state index < -0.39 is 13.9 Å². The van der Waals surface area contributed by atoms with Crippen molar-refractivity contribution in [3.8, 4) is 0 Å². The van der Waals surface area contributed by atoms with Crippen LogP contribution in [0.1, 0.15) is 119 Å². The van der Waals surface area contributed by atoms with E-state index in [1.54, 1.807) is 75.5 Å². The molecule has 0 spiro atoms. The Morgan fingerprint density at radius 3 is 0.577 bits per heavy atom. The van der Waals surface area contributed by atoms with Crippen LogP contribution in [0.5, 0.6) is 0 Å². The second-order valence-electron chi connectivity index (χ2n) is 9.18. The fourth-order valence-electron chi connectivity index (χ4n) is 5.43. The number of rotatable bonds is 19. The van der Waals surface area contributed by atoms with Gasteiger partial charge in [-0.1, -0.05) is 0 Å². The van der Waals surface area contributed by atoms with Crippen molar-refractivity contribution in [1.29, 1.82) is 0 Å². The first-order valence-electron chi connectivity index (χ1n) is 12.6. The first-order chi connectivity index (χ1) is 12.6. The number of unbranched alkanes of at least 4 members (excludes halogenated alkanes) is 6. The Labute approximate surface area is 169 Å². The molecule has 0 aliphatic heterocycles. The van der Waals surface area contributed by atoms with E-state index in [9.17, 15) is 0 Å². The maximum absolute atomic E-state index is 2.44. The molecule has 2 heteroatoms. The van der Waals surface area contributed by atoms with E-state index in [-0.39, 0.29) is 0 Å². The van der Waals surface area contributed by atoms with Crippen molar-refractivity contribution in [3.63, 3.8) is 0 Å². The van der Waals surface area contributed by atoms with E-state index in [2.05, 4.69) is 41.5 Å². The second-order valence-corrected chi connectivity index (χ2v) is 23.7. The molecule has 0 bridgehead atoms. The maximum atomic E-state index is 2.44. The quantitative estimate of drug-likeness (QED) is 0.187. The van der Waals surface area contributed by atoms with Gasteiger partial charge in [0.15, 0.2) is 0 Å². The van der Waals surface area contributed by atoms with Crippen LogP contribution in [0.15, 0.2) is 0 Å². The molecule has 0 aliphatic rings. The predicted octanol–water partition coefficient (Wildman–Crippen LogP) is 9.20. The van der Waals surface area contributed by atoms with E-state index >= 15 is 0 Å². The topological polar surface area (TPSA) is 0 Å². The van der Waals surface area contributed by atoms with Gasteiger partial charge in [0.25, 0.3) is 0 Å². The zero-order chi connectivity index (χ0) is 19.7. The van der Waals surface area contributed by atoms with Gasteiger partial charge in [-0.25, -0.2) is 0 Å². The van der Waals surface area contributed by atoms with Crippen molar-refractivity contribution >= 4 is 13.9 Å². The molecular weight excluding hydrogens is 350 g/mol. The van der Waals surface area contributed by atoms with Crippen LogP contribution in [0.3, 0.4) is 0 Å². The Kier molecular flexibility index (Phi) is 17.3. The summed E-state index contributed by atoms with van der Waals surface area (Å²) in [6.07, 6.45) is 28.0. The predicted molar refractivity (Wildman–Crippen MR) is 135 cm³/mol. The molecule has 0 amide bonds. The van der Waals surface area contributed by atoms with Gasteiger partial charge in [-0.15, -0.1) is 0 Å². The summed E-state index contributed by atoms with van der Waals surface area (Å²) in [5, 5.41) is 0. The van der Waals surface area contributed by atoms with Crippen LogP contribution in [0.4, 0.5) is 0 Å². The Bertz CT molecular complexity index is 227. The van der Waals surface area contributed by atoms with Crippen LogP contribution >= 0.6 is 13.9 Å². The van der Waals surface area contributed by atoms with Gasteiger partial charge in [0.2, 0.25) is 0 Å². The molecule has 0 nitrogen and oxygen atoms in total. The molecule has 0 saturated carbocycles. The average molecular weight is 407 g/mol. The van der Waals surface area contributed by atoms with Crippen LogP contribution in [0.25, 0.3) is 0 Å². The van der Waals surface area contributed by atoms with E-state index in [4.69, 9.17) is 0 Å². The zero-order valence-corrected chi connectivity index (χ0v) is 21.7. The molecule has 162 valence electrons. The average Bonchev–Trinajstić information content (AvgIpc) is 2.67. The Balaban J connectivity index is 5.95. The van der Waals surface area contributed by atoms with Gasteiger partial charge in [-0.05, 0) is 0 Å². The summed E-state index contributed by atoms with van der Waals surface area (Å²) >= 11 is 0. The molecule has 26 heavy (non-hydrogen) atoms. The Morgan fingerprint density at radius 1 is 0.308 bits per heavy atom. The normalized spacial score (nSPS) is 13.9. The fraction of sp³-hybridized carbons (Fsp3) is 1.00. The summed E-state index contributed by atoms with van der Waals surface area (Å²) in [5.41, 5.74) is 0. The third-order valence-electron chi connectivity index (χ3n) is 7.18. The molecule has 0 saturated heterocycles. The van der Waals surface area contributed by atoms with Crippen molar-refractivity contribution in [2.75, 3.05) is 37.0 Å². The van der Waals surface area contributed by atoms with Crippen molar-refractivity contribution in [1.82, 2.24) is 0 Å². The fourth-order valence-corrected chi connectivity index (χ4v) is 29.0. The molecule has 0 heterocycles. The standard InChI is InChI=1S/C24H56P2/c1-7-13-19-25(20-14-8-2,21-15-9-3)26(22-16-10-4,23-17-11-5)24-18-12-6/h25-26H,7-24H2,1-6H3. The van der Waals surface area contributed by atoms with E-state index in [1.807, 2.05) is 0 Å². The van der Waals surface area contributed by atoms with Crippen molar-refractivity contribution in [3.05, 3.63) is 0 Å². The Morgan fingerprint density at radius 2 is 0.462 bits per heavy atom. The first-order valence-corrected chi connectivity index (χ1v) is 18.9. The number of hydrogen-bond acceptors (Lipinski definition) is 0. The van der Waals surface area contributed by atoms with E-state index in [1.165, 1.54) is 38.5 Å². The molecule has 0 rings (SSSR count). The molecule has 0 N–H and O–H groups in total. The number of hydrogen-bond donors (Lipinski definition) is 0. The van der Waals surface area contributed by atoms with E-state index in [0.29, 0.717) is 0 Å². The van der Waals surface area contributed by atoms with Crippen LogP contribution in [-0.4, -0.2) is 37.0 Å². The van der Waals surface area contributed by atoms with Gasteiger partial charge in [0.1, 0.15) is 0 Å². The van der Waals surface area contributed by atoms with Crippen molar-refractivity contribution in [2.45, 2.75) is 119 Å². The molecule has 0 radical (unpaired) electrons. The minimum atomic E-state index is -1.11. The van der Waals surface area contributed by atoms with Gasteiger partial charge < -0.3 is 0 Å². The van der Waals surface area contributed by atoms with Crippen LogP contribution < -0.4 is 0 Å². The Hall–Kier alpha value is 0.860. The SMILES string of the molecule is CCCC[PH](CCCC)(CCCC)[PH](CCCC)(CCCC)CCCC. The van der Waals surface area contributed by atoms with Crippen LogP contribution in [0, 0.1) is 0 Å². The molecule has 0 aromatic rings. The second kappa shape index (κ2) is 16.8. The molecule has 0 atom stereocenters. The van der Waals surface area contributed by atoms with Crippen LogP contribution in [0.2, 0.25) is 0 Å². The summed E-state index contributed by atoms with van der Waals surface area (Å²) in [7, 11) is 0. The van der Waals surface area contributed by atoms with Crippen molar-refractivity contribution < 1.29 is 0 Å². The van der Waals surface area contributed by atoms with Gasteiger partial charge in [-0.3, -0.25) is 0 Å². The molecule has 0 aromatic carbocycles. The molecule has 0 fully saturated rings. The minimum absolute atomic E-state index is 1.11. The van der Waals surface area contributed by atoms with Gasteiger partial charge in [0.05, 0.1) is 0 Å². The van der Waals surface area contributed by atoms with Gasteiger partial charge in [0, 0.05) is 0 Å². The summed E-state index contributed by atoms with van der Waals surface area (Å²) in [5.74, 6) is 0. The van der Waals surface area contributed by atoms with Gasteiger partial charge in [-0.2, -0.15) is 0 Å². The molecular formula is C24H56P2. The zero-order valence-electron chi connectivity index (χ0n) is 19.7. The third-order valence-corrected chi connectivity index (χ3v) is 28.5. The third kappa shape index (κ3) is 8.91. The summed E-state index contributed by atoms with van der Waals surface area (Å²) in [6, 6.07) is 0.